The van der Waals surface area contributed by atoms with Crippen LogP contribution >= 0.6 is 0 Å². The lowest BCUT2D eigenvalue weighted by Gasteiger charge is -2.20. The lowest BCUT2D eigenvalue weighted by Crippen LogP contribution is -2.34. The molecule has 1 aliphatic rings. The number of sulfonamides is 1. The van der Waals surface area contributed by atoms with Gasteiger partial charge >= 0.3 is 0 Å². The number of nitrogens with zero attached hydrogens (tertiary/aromatic N) is 1. The van der Waals surface area contributed by atoms with E-state index in [9.17, 15) is 13.5 Å². The molecule has 0 saturated carbocycles. The van der Waals surface area contributed by atoms with Crippen LogP contribution in [0.15, 0.2) is 0 Å². The Hall–Kier alpha value is -0.170. The Labute approximate surface area is 84.9 Å². The fraction of sp³-hybridized carbons (Fsp3) is 1.00. The minimum atomic E-state index is -3.27. The molecule has 6 heteroatoms. The van der Waals surface area contributed by atoms with E-state index in [-0.39, 0.29) is 24.3 Å². The van der Waals surface area contributed by atoms with Gasteiger partial charge in [-0.3, -0.25) is 0 Å². The molecule has 1 aliphatic heterocycles. The Bertz CT molecular complexity index is 300. The highest BCUT2D eigenvalue weighted by atomic mass is 32.2. The van der Waals surface area contributed by atoms with Gasteiger partial charge in [0.2, 0.25) is 10.0 Å². The van der Waals surface area contributed by atoms with Crippen LogP contribution in [0.2, 0.25) is 0 Å². The van der Waals surface area contributed by atoms with E-state index in [2.05, 4.69) is 0 Å². The topological polar surface area (TPSA) is 83.6 Å². The molecule has 1 rings (SSSR count). The van der Waals surface area contributed by atoms with Gasteiger partial charge in [0, 0.05) is 25.0 Å². The number of hydrogen-bond donors (Lipinski definition) is 2. The van der Waals surface area contributed by atoms with Crippen LogP contribution in [0.4, 0.5) is 0 Å². The van der Waals surface area contributed by atoms with Crippen molar-refractivity contribution in [3.8, 4) is 0 Å². The molecule has 0 amide bonds. The third-order valence-electron chi connectivity index (χ3n) is 2.63. The largest absolute Gasteiger partial charge is 0.391 e. The SMILES string of the molecule is CC1(C)CN(S(=O)(=O)CCN)CC1O. The van der Waals surface area contributed by atoms with Gasteiger partial charge in [-0.2, -0.15) is 4.31 Å². The van der Waals surface area contributed by atoms with Gasteiger partial charge in [-0.05, 0) is 0 Å². The number of aliphatic hydroxyl groups excluding tert-OH is 1. The van der Waals surface area contributed by atoms with E-state index in [0.29, 0.717) is 6.54 Å². The van der Waals surface area contributed by atoms with Crippen molar-refractivity contribution in [2.45, 2.75) is 20.0 Å². The third kappa shape index (κ3) is 2.25. The van der Waals surface area contributed by atoms with Gasteiger partial charge in [0.25, 0.3) is 0 Å². The van der Waals surface area contributed by atoms with Gasteiger partial charge in [-0.1, -0.05) is 13.8 Å². The standard InChI is InChI=1S/C8H18N2O3S/c1-8(2)6-10(5-7(8)11)14(12,13)4-3-9/h7,11H,3-6,9H2,1-2H3. The monoisotopic (exact) mass is 222 g/mol. The quantitative estimate of drug-likeness (QED) is 0.640. The second kappa shape index (κ2) is 3.77. The Morgan fingerprint density at radius 1 is 1.57 bits per heavy atom. The van der Waals surface area contributed by atoms with Crippen molar-refractivity contribution in [2.75, 3.05) is 25.4 Å². The number of β-amino-alcohol motifs (C(OH)–C–C–N with tert-alkyl or cyclic N) is 1. The summed E-state index contributed by atoms with van der Waals surface area (Å²) in [6, 6.07) is 0. The summed E-state index contributed by atoms with van der Waals surface area (Å²) in [5.74, 6) is -0.0458. The Morgan fingerprint density at radius 2 is 2.14 bits per heavy atom. The van der Waals surface area contributed by atoms with E-state index in [1.54, 1.807) is 0 Å². The van der Waals surface area contributed by atoms with Gasteiger partial charge < -0.3 is 10.8 Å². The zero-order valence-electron chi connectivity index (χ0n) is 8.60. The lowest BCUT2D eigenvalue weighted by molar-refractivity contribution is 0.0960. The molecular weight excluding hydrogens is 204 g/mol. The molecule has 1 heterocycles. The van der Waals surface area contributed by atoms with Crippen LogP contribution in [0, 0.1) is 5.41 Å². The second-order valence-corrected chi connectivity index (χ2v) is 6.49. The molecule has 14 heavy (non-hydrogen) atoms. The summed E-state index contributed by atoms with van der Waals surface area (Å²) in [7, 11) is -3.27. The van der Waals surface area contributed by atoms with Gasteiger partial charge in [0.05, 0.1) is 11.9 Å². The van der Waals surface area contributed by atoms with E-state index in [4.69, 9.17) is 5.73 Å². The molecule has 0 aliphatic carbocycles. The number of rotatable bonds is 3. The van der Waals surface area contributed by atoms with Crippen LogP contribution < -0.4 is 5.73 Å². The average Bonchev–Trinajstić information content (AvgIpc) is 2.27. The van der Waals surface area contributed by atoms with Gasteiger partial charge in [0.15, 0.2) is 0 Å². The average molecular weight is 222 g/mol. The summed E-state index contributed by atoms with van der Waals surface area (Å²) in [5.41, 5.74) is 4.86. The van der Waals surface area contributed by atoms with Crippen LogP contribution in [0.5, 0.6) is 0 Å². The molecule has 0 radical (unpaired) electrons. The maximum absolute atomic E-state index is 11.6. The van der Waals surface area contributed by atoms with E-state index in [1.165, 1.54) is 4.31 Å². The molecule has 5 nitrogen and oxygen atoms in total. The van der Waals surface area contributed by atoms with Crippen molar-refractivity contribution in [2.24, 2.45) is 11.1 Å². The summed E-state index contributed by atoms with van der Waals surface area (Å²) in [6.45, 7) is 4.40. The minimum Gasteiger partial charge on any atom is -0.391 e. The smallest absolute Gasteiger partial charge is 0.215 e. The predicted molar refractivity (Wildman–Crippen MR) is 54.2 cm³/mol. The Morgan fingerprint density at radius 3 is 2.50 bits per heavy atom. The molecule has 0 spiro atoms. The fourth-order valence-electron chi connectivity index (χ4n) is 1.55. The molecule has 0 bridgehead atoms. The summed E-state index contributed by atoms with van der Waals surface area (Å²) in [6.07, 6.45) is -0.588. The van der Waals surface area contributed by atoms with E-state index >= 15 is 0 Å². The maximum atomic E-state index is 11.6. The van der Waals surface area contributed by atoms with Gasteiger partial charge in [0.1, 0.15) is 0 Å². The predicted octanol–water partition coefficient (Wildman–Crippen LogP) is -1.02. The van der Waals surface area contributed by atoms with Crippen molar-refractivity contribution in [1.82, 2.24) is 4.31 Å². The van der Waals surface area contributed by atoms with Crippen LogP contribution in [-0.4, -0.2) is 49.3 Å². The number of nitrogens with two attached hydrogens (primary N) is 1. The first-order valence-corrected chi connectivity index (χ1v) is 6.26. The molecule has 84 valence electrons. The Kier molecular flexibility index (Phi) is 3.20. The summed E-state index contributed by atoms with van der Waals surface area (Å²) < 4.78 is 24.5. The normalized spacial score (nSPS) is 28.1. The first-order chi connectivity index (χ1) is 6.29. The maximum Gasteiger partial charge on any atom is 0.215 e. The molecule has 1 saturated heterocycles. The summed E-state index contributed by atoms with van der Waals surface area (Å²) in [5, 5.41) is 9.62. The highest BCUT2D eigenvalue weighted by Gasteiger charge is 2.42. The fourth-order valence-corrected chi connectivity index (χ4v) is 3.01. The number of aliphatic hydroxyl groups is 1. The van der Waals surface area contributed by atoms with Crippen LogP contribution in [-0.2, 0) is 10.0 Å². The zero-order valence-corrected chi connectivity index (χ0v) is 9.42. The zero-order chi connectivity index (χ0) is 11.0. The van der Waals surface area contributed by atoms with E-state index < -0.39 is 16.1 Å². The van der Waals surface area contributed by atoms with Crippen LogP contribution in [0.3, 0.4) is 0 Å². The highest BCUT2D eigenvalue weighted by Crippen LogP contribution is 2.31. The van der Waals surface area contributed by atoms with Crippen molar-refractivity contribution in [3.63, 3.8) is 0 Å². The Balaban J connectivity index is 2.76. The minimum absolute atomic E-state index is 0.0458. The van der Waals surface area contributed by atoms with Crippen LogP contribution in [0.1, 0.15) is 13.8 Å². The van der Waals surface area contributed by atoms with Crippen molar-refractivity contribution < 1.29 is 13.5 Å². The van der Waals surface area contributed by atoms with Gasteiger partial charge in [-0.15, -0.1) is 0 Å². The second-order valence-electron chi connectivity index (χ2n) is 4.40. The molecule has 1 fully saturated rings. The molecule has 1 unspecified atom stereocenters. The molecule has 0 aromatic rings. The molecular formula is C8H18N2O3S. The third-order valence-corrected chi connectivity index (χ3v) is 4.45. The first kappa shape index (κ1) is 11.9. The molecule has 3 N–H and O–H groups in total. The van der Waals surface area contributed by atoms with Crippen molar-refractivity contribution in [3.05, 3.63) is 0 Å². The lowest BCUT2D eigenvalue weighted by atomic mass is 9.90. The van der Waals surface area contributed by atoms with Crippen molar-refractivity contribution in [1.29, 1.82) is 0 Å². The van der Waals surface area contributed by atoms with E-state index in [1.807, 2.05) is 13.8 Å². The molecule has 0 aromatic carbocycles. The summed E-state index contributed by atoms with van der Waals surface area (Å²) >= 11 is 0. The first-order valence-electron chi connectivity index (χ1n) is 4.65. The number of hydrogen-bond acceptors (Lipinski definition) is 4. The summed E-state index contributed by atoms with van der Waals surface area (Å²) in [4.78, 5) is 0. The van der Waals surface area contributed by atoms with Gasteiger partial charge in [-0.25, -0.2) is 8.42 Å². The molecule has 0 aromatic heterocycles. The van der Waals surface area contributed by atoms with Crippen LogP contribution in [0.25, 0.3) is 0 Å². The van der Waals surface area contributed by atoms with Crippen molar-refractivity contribution >= 4 is 10.0 Å². The molecule has 1 atom stereocenters. The van der Waals surface area contributed by atoms with E-state index in [0.717, 1.165) is 0 Å². The highest BCUT2D eigenvalue weighted by molar-refractivity contribution is 7.89.